The van der Waals surface area contributed by atoms with E-state index in [4.69, 9.17) is 9.47 Å². The van der Waals surface area contributed by atoms with Crippen molar-refractivity contribution in [3.05, 3.63) is 59.7 Å². The number of amides is 2. The first-order chi connectivity index (χ1) is 15.1. The number of piperazine rings is 1. The molecule has 1 aliphatic rings. The van der Waals surface area contributed by atoms with Gasteiger partial charge in [0.15, 0.2) is 11.5 Å². The summed E-state index contributed by atoms with van der Waals surface area (Å²) in [6.07, 6.45) is 2.36. The van der Waals surface area contributed by atoms with E-state index in [0.717, 1.165) is 12.0 Å². The molecule has 0 N–H and O–H groups in total. The highest BCUT2D eigenvalue weighted by Crippen LogP contribution is 2.28. The minimum atomic E-state index is 0.129. The summed E-state index contributed by atoms with van der Waals surface area (Å²) in [5.41, 5.74) is 2.22. The fraction of sp³-hybridized carbons (Fsp3) is 0.440. The van der Waals surface area contributed by atoms with Gasteiger partial charge in [-0.1, -0.05) is 36.4 Å². The van der Waals surface area contributed by atoms with Crippen LogP contribution in [0.15, 0.2) is 48.5 Å². The Bertz CT molecular complexity index is 861. The third kappa shape index (κ3) is 6.48. The van der Waals surface area contributed by atoms with Crippen LogP contribution in [0.25, 0.3) is 0 Å². The first kappa shape index (κ1) is 22.7. The summed E-state index contributed by atoms with van der Waals surface area (Å²) in [4.78, 5) is 28.9. The Labute approximate surface area is 184 Å². The molecule has 0 bridgehead atoms. The van der Waals surface area contributed by atoms with Crippen molar-refractivity contribution in [1.29, 1.82) is 0 Å². The SMILES string of the molecule is CCOc1ccc(CCC(=O)N2CCN(C(=O)CCc3ccccc3)CC2)cc1OC. The number of carbonyl (C=O) groups excluding carboxylic acids is 2. The number of nitrogens with zero attached hydrogens (tertiary/aromatic N) is 2. The van der Waals surface area contributed by atoms with Gasteiger partial charge in [-0.15, -0.1) is 0 Å². The topological polar surface area (TPSA) is 59.1 Å². The van der Waals surface area contributed by atoms with Crippen LogP contribution in [0.2, 0.25) is 0 Å². The molecule has 0 aromatic heterocycles. The van der Waals surface area contributed by atoms with Gasteiger partial charge >= 0.3 is 0 Å². The molecule has 2 aromatic carbocycles. The largest absolute Gasteiger partial charge is 0.493 e. The molecule has 1 aliphatic heterocycles. The highest BCUT2D eigenvalue weighted by Gasteiger charge is 2.23. The zero-order chi connectivity index (χ0) is 22.1. The zero-order valence-corrected chi connectivity index (χ0v) is 18.5. The Balaban J connectivity index is 1.42. The summed E-state index contributed by atoms with van der Waals surface area (Å²) in [6.45, 7) is 4.93. The number of hydrogen-bond acceptors (Lipinski definition) is 4. The van der Waals surface area contributed by atoms with Crippen LogP contribution < -0.4 is 9.47 Å². The summed E-state index contributed by atoms with van der Waals surface area (Å²) in [6, 6.07) is 15.9. The van der Waals surface area contributed by atoms with Gasteiger partial charge < -0.3 is 19.3 Å². The predicted molar refractivity (Wildman–Crippen MR) is 120 cm³/mol. The van der Waals surface area contributed by atoms with E-state index in [-0.39, 0.29) is 11.8 Å². The summed E-state index contributed by atoms with van der Waals surface area (Å²) < 4.78 is 10.9. The van der Waals surface area contributed by atoms with Gasteiger partial charge in [0.25, 0.3) is 0 Å². The van der Waals surface area contributed by atoms with Gasteiger partial charge in [0, 0.05) is 39.0 Å². The standard InChI is InChI=1S/C25H32N2O4/c1-3-31-22-12-9-21(19-23(22)30-2)11-14-25(29)27-17-15-26(16-18-27)24(28)13-10-20-7-5-4-6-8-20/h4-9,12,19H,3,10-11,13-18H2,1-2H3. The lowest BCUT2D eigenvalue weighted by Gasteiger charge is -2.35. The molecule has 1 fully saturated rings. The first-order valence-corrected chi connectivity index (χ1v) is 11.0. The highest BCUT2D eigenvalue weighted by atomic mass is 16.5. The van der Waals surface area contributed by atoms with Gasteiger partial charge in [-0.2, -0.15) is 0 Å². The number of rotatable bonds is 9. The minimum absolute atomic E-state index is 0.129. The third-order valence-corrected chi connectivity index (χ3v) is 5.61. The van der Waals surface area contributed by atoms with Crippen molar-refractivity contribution in [3.63, 3.8) is 0 Å². The van der Waals surface area contributed by atoms with Crippen molar-refractivity contribution in [3.8, 4) is 11.5 Å². The van der Waals surface area contributed by atoms with Crippen LogP contribution in [-0.2, 0) is 22.4 Å². The maximum atomic E-state index is 12.6. The smallest absolute Gasteiger partial charge is 0.223 e. The van der Waals surface area contributed by atoms with E-state index in [0.29, 0.717) is 63.5 Å². The van der Waals surface area contributed by atoms with Crippen LogP contribution in [0.1, 0.15) is 30.9 Å². The van der Waals surface area contributed by atoms with Gasteiger partial charge in [0.1, 0.15) is 0 Å². The number of benzene rings is 2. The van der Waals surface area contributed by atoms with Gasteiger partial charge in [-0.3, -0.25) is 9.59 Å². The van der Waals surface area contributed by atoms with Crippen molar-refractivity contribution in [1.82, 2.24) is 9.80 Å². The fourth-order valence-corrected chi connectivity index (χ4v) is 3.81. The number of aryl methyl sites for hydroxylation is 2. The molecule has 1 saturated heterocycles. The molecule has 3 rings (SSSR count). The molecular weight excluding hydrogens is 392 g/mol. The van der Waals surface area contributed by atoms with E-state index in [2.05, 4.69) is 0 Å². The van der Waals surface area contributed by atoms with E-state index >= 15 is 0 Å². The monoisotopic (exact) mass is 424 g/mol. The van der Waals surface area contributed by atoms with Crippen molar-refractivity contribution >= 4 is 11.8 Å². The molecule has 0 aliphatic carbocycles. The van der Waals surface area contributed by atoms with Gasteiger partial charge in [0.05, 0.1) is 13.7 Å². The molecule has 0 atom stereocenters. The van der Waals surface area contributed by atoms with Crippen LogP contribution in [0.4, 0.5) is 0 Å². The summed E-state index contributed by atoms with van der Waals surface area (Å²) in [5.74, 6) is 1.70. The van der Waals surface area contributed by atoms with Gasteiger partial charge in [-0.05, 0) is 43.0 Å². The first-order valence-electron chi connectivity index (χ1n) is 11.0. The van der Waals surface area contributed by atoms with Crippen molar-refractivity contribution < 1.29 is 19.1 Å². The summed E-state index contributed by atoms with van der Waals surface area (Å²) in [7, 11) is 1.62. The number of hydrogen-bond donors (Lipinski definition) is 0. The molecule has 6 heteroatoms. The summed E-state index contributed by atoms with van der Waals surface area (Å²) in [5, 5.41) is 0. The van der Waals surface area contributed by atoms with Crippen molar-refractivity contribution in [2.75, 3.05) is 39.9 Å². The number of ether oxygens (including phenoxy) is 2. The number of methoxy groups -OCH3 is 1. The molecule has 31 heavy (non-hydrogen) atoms. The average molecular weight is 425 g/mol. The highest BCUT2D eigenvalue weighted by molar-refractivity contribution is 5.78. The zero-order valence-electron chi connectivity index (χ0n) is 18.5. The van der Waals surface area contributed by atoms with Crippen LogP contribution >= 0.6 is 0 Å². The molecule has 2 amide bonds. The maximum Gasteiger partial charge on any atom is 0.223 e. The second kappa shape index (κ2) is 11.4. The van der Waals surface area contributed by atoms with Crippen LogP contribution in [-0.4, -0.2) is 61.5 Å². The normalized spacial score (nSPS) is 13.7. The molecule has 0 spiro atoms. The van der Waals surface area contributed by atoms with E-state index < -0.39 is 0 Å². The third-order valence-electron chi connectivity index (χ3n) is 5.61. The molecule has 2 aromatic rings. The molecular formula is C25H32N2O4. The Morgan fingerprint density at radius 1 is 0.806 bits per heavy atom. The Hall–Kier alpha value is -3.02. The maximum absolute atomic E-state index is 12.6. The van der Waals surface area contributed by atoms with Gasteiger partial charge in [-0.25, -0.2) is 0 Å². The van der Waals surface area contributed by atoms with Crippen LogP contribution in [0.3, 0.4) is 0 Å². The Morgan fingerprint density at radius 3 is 1.94 bits per heavy atom. The molecule has 0 unspecified atom stereocenters. The van der Waals surface area contributed by atoms with Gasteiger partial charge in [0.2, 0.25) is 11.8 Å². The lowest BCUT2D eigenvalue weighted by molar-refractivity contribution is -0.139. The lowest BCUT2D eigenvalue weighted by Crippen LogP contribution is -2.50. The minimum Gasteiger partial charge on any atom is -0.493 e. The van der Waals surface area contributed by atoms with Crippen molar-refractivity contribution in [2.24, 2.45) is 0 Å². The molecule has 0 saturated carbocycles. The average Bonchev–Trinajstić information content (AvgIpc) is 2.82. The second-order valence-corrected chi connectivity index (χ2v) is 7.67. The summed E-state index contributed by atoms with van der Waals surface area (Å²) >= 11 is 0. The van der Waals surface area contributed by atoms with E-state index in [9.17, 15) is 9.59 Å². The van der Waals surface area contributed by atoms with Crippen LogP contribution in [0, 0.1) is 0 Å². The molecule has 166 valence electrons. The fourth-order valence-electron chi connectivity index (χ4n) is 3.81. The number of carbonyl (C=O) groups is 2. The van der Waals surface area contributed by atoms with E-state index in [1.54, 1.807) is 7.11 Å². The van der Waals surface area contributed by atoms with E-state index in [1.165, 1.54) is 5.56 Å². The Kier molecular flexibility index (Phi) is 8.33. The molecule has 0 radical (unpaired) electrons. The lowest BCUT2D eigenvalue weighted by atomic mass is 10.1. The van der Waals surface area contributed by atoms with Crippen LogP contribution in [0.5, 0.6) is 11.5 Å². The van der Waals surface area contributed by atoms with E-state index in [1.807, 2.05) is 65.3 Å². The predicted octanol–water partition coefficient (Wildman–Crippen LogP) is 3.33. The second-order valence-electron chi connectivity index (χ2n) is 7.67. The Morgan fingerprint density at radius 2 is 1.39 bits per heavy atom. The molecule has 6 nitrogen and oxygen atoms in total. The van der Waals surface area contributed by atoms with Crippen molar-refractivity contribution in [2.45, 2.75) is 32.6 Å². The molecule has 1 heterocycles. The quantitative estimate of drug-likeness (QED) is 0.620.